The molecule has 4 nitrogen and oxygen atoms in total. The minimum atomic E-state index is -0.339. The third-order valence-corrected chi connectivity index (χ3v) is 3.82. The number of amides is 1. The van der Waals surface area contributed by atoms with Gasteiger partial charge >= 0.3 is 0 Å². The standard InChI is InChI=1S/C16H20N2O2S/c1-11(7-12(2)19)8-17-16(20)14-5-3-13(4-6-14)15-9-21-10-18-15/h3-6,9-12,19H,7-8H2,1-2H3,(H,17,20). The fourth-order valence-corrected chi connectivity index (χ4v) is 2.74. The van der Waals surface area contributed by atoms with Gasteiger partial charge in [-0.2, -0.15) is 0 Å². The fourth-order valence-electron chi connectivity index (χ4n) is 2.18. The van der Waals surface area contributed by atoms with E-state index in [2.05, 4.69) is 10.3 Å². The first kappa shape index (κ1) is 15.7. The largest absolute Gasteiger partial charge is 0.393 e. The van der Waals surface area contributed by atoms with E-state index in [9.17, 15) is 9.90 Å². The maximum atomic E-state index is 12.0. The summed E-state index contributed by atoms with van der Waals surface area (Å²) in [5.41, 5.74) is 4.37. The molecule has 1 amide bonds. The Kier molecular flexibility index (Phi) is 5.47. The molecule has 112 valence electrons. The summed E-state index contributed by atoms with van der Waals surface area (Å²) < 4.78 is 0. The van der Waals surface area contributed by atoms with Crippen LogP contribution in [0.5, 0.6) is 0 Å². The molecule has 5 heteroatoms. The van der Waals surface area contributed by atoms with Gasteiger partial charge in [-0.25, -0.2) is 4.98 Å². The van der Waals surface area contributed by atoms with E-state index in [1.54, 1.807) is 23.8 Å². The molecule has 0 fully saturated rings. The Morgan fingerprint density at radius 2 is 2.05 bits per heavy atom. The summed E-state index contributed by atoms with van der Waals surface area (Å²) in [4.78, 5) is 16.3. The molecule has 0 saturated heterocycles. The fraction of sp³-hybridized carbons (Fsp3) is 0.375. The van der Waals surface area contributed by atoms with Crippen molar-refractivity contribution < 1.29 is 9.90 Å². The van der Waals surface area contributed by atoms with Crippen LogP contribution in [0.3, 0.4) is 0 Å². The van der Waals surface area contributed by atoms with Gasteiger partial charge in [0.1, 0.15) is 0 Å². The number of aromatic nitrogens is 1. The lowest BCUT2D eigenvalue weighted by Gasteiger charge is -2.14. The first-order valence-electron chi connectivity index (χ1n) is 7.01. The zero-order valence-electron chi connectivity index (χ0n) is 12.2. The van der Waals surface area contributed by atoms with Crippen LogP contribution in [-0.2, 0) is 0 Å². The van der Waals surface area contributed by atoms with Crippen LogP contribution in [0.1, 0.15) is 30.6 Å². The molecule has 0 aliphatic rings. The molecule has 21 heavy (non-hydrogen) atoms. The molecule has 0 aliphatic carbocycles. The van der Waals surface area contributed by atoms with Gasteiger partial charge in [0, 0.05) is 23.1 Å². The minimum absolute atomic E-state index is 0.0859. The van der Waals surface area contributed by atoms with E-state index in [0.717, 1.165) is 11.3 Å². The van der Waals surface area contributed by atoms with Crippen molar-refractivity contribution in [1.29, 1.82) is 0 Å². The van der Waals surface area contributed by atoms with Crippen LogP contribution in [0, 0.1) is 5.92 Å². The Hall–Kier alpha value is -1.72. The number of aliphatic hydroxyl groups excluding tert-OH is 1. The third-order valence-electron chi connectivity index (χ3n) is 3.23. The summed E-state index contributed by atoms with van der Waals surface area (Å²) in [5, 5.41) is 14.2. The highest BCUT2D eigenvalue weighted by Crippen LogP contribution is 2.19. The predicted octanol–water partition coefficient (Wildman–Crippen LogP) is 2.95. The first-order valence-corrected chi connectivity index (χ1v) is 7.95. The Bertz CT molecular complexity index is 564. The summed E-state index contributed by atoms with van der Waals surface area (Å²) in [7, 11) is 0. The monoisotopic (exact) mass is 304 g/mol. The van der Waals surface area contributed by atoms with Gasteiger partial charge in [0.15, 0.2) is 0 Å². The quantitative estimate of drug-likeness (QED) is 0.862. The van der Waals surface area contributed by atoms with E-state index in [1.165, 1.54) is 0 Å². The molecular formula is C16H20N2O2S. The van der Waals surface area contributed by atoms with Crippen LogP contribution in [-0.4, -0.2) is 28.6 Å². The Morgan fingerprint density at radius 1 is 1.33 bits per heavy atom. The van der Waals surface area contributed by atoms with Crippen molar-refractivity contribution in [3.8, 4) is 11.3 Å². The van der Waals surface area contributed by atoms with Crippen LogP contribution < -0.4 is 5.32 Å². The molecule has 0 spiro atoms. The van der Waals surface area contributed by atoms with Crippen LogP contribution >= 0.6 is 11.3 Å². The molecule has 0 bridgehead atoms. The lowest BCUT2D eigenvalue weighted by Crippen LogP contribution is -2.29. The summed E-state index contributed by atoms with van der Waals surface area (Å²) in [5.74, 6) is 0.167. The summed E-state index contributed by atoms with van der Waals surface area (Å²) in [6.45, 7) is 4.34. The van der Waals surface area contributed by atoms with E-state index in [-0.39, 0.29) is 17.9 Å². The van der Waals surface area contributed by atoms with Gasteiger partial charge in [-0.05, 0) is 31.4 Å². The van der Waals surface area contributed by atoms with E-state index in [4.69, 9.17) is 0 Å². The summed E-state index contributed by atoms with van der Waals surface area (Å²) in [6, 6.07) is 7.43. The second-order valence-corrected chi connectivity index (χ2v) is 6.07. The number of hydrogen-bond acceptors (Lipinski definition) is 4. The lowest BCUT2D eigenvalue weighted by molar-refractivity contribution is 0.0939. The SMILES string of the molecule is CC(O)CC(C)CNC(=O)c1ccc(-c2cscn2)cc1. The highest BCUT2D eigenvalue weighted by Gasteiger charge is 2.10. The van der Waals surface area contributed by atoms with Crippen molar-refractivity contribution in [2.45, 2.75) is 26.4 Å². The smallest absolute Gasteiger partial charge is 0.251 e. The van der Waals surface area contributed by atoms with E-state index in [1.807, 2.05) is 36.6 Å². The molecule has 0 radical (unpaired) electrons. The molecule has 2 rings (SSSR count). The molecule has 2 N–H and O–H groups in total. The van der Waals surface area contributed by atoms with Gasteiger partial charge in [0.05, 0.1) is 17.3 Å². The third kappa shape index (κ3) is 4.65. The Morgan fingerprint density at radius 3 is 2.62 bits per heavy atom. The van der Waals surface area contributed by atoms with Crippen molar-refractivity contribution in [2.24, 2.45) is 5.92 Å². The summed E-state index contributed by atoms with van der Waals surface area (Å²) in [6.07, 6.45) is 0.345. The number of nitrogens with one attached hydrogen (secondary N) is 1. The number of rotatable bonds is 6. The van der Waals surface area contributed by atoms with Gasteiger partial charge in [-0.15, -0.1) is 11.3 Å². The molecule has 1 heterocycles. The average Bonchev–Trinajstić information content (AvgIpc) is 2.98. The number of carbonyl (C=O) groups is 1. The van der Waals surface area contributed by atoms with E-state index >= 15 is 0 Å². The van der Waals surface area contributed by atoms with Crippen molar-refractivity contribution in [3.05, 3.63) is 40.7 Å². The van der Waals surface area contributed by atoms with Crippen molar-refractivity contribution in [2.75, 3.05) is 6.54 Å². The van der Waals surface area contributed by atoms with Gasteiger partial charge in [0.25, 0.3) is 5.91 Å². The van der Waals surface area contributed by atoms with E-state index in [0.29, 0.717) is 18.5 Å². The second-order valence-electron chi connectivity index (χ2n) is 5.35. The molecular weight excluding hydrogens is 284 g/mol. The highest BCUT2D eigenvalue weighted by molar-refractivity contribution is 7.07. The Balaban J connectivity index is 1.91. The normalized spacial score (nSPS) is 13.7. The maximum absolute atomic E-state index is 12.0. The van der Waals surface area contributed by atoms with Crippen molar-refractivity contribution in [1.82, 2.24) is 10.3 Å². The van der Waals surface area contributed by atoms with Crippen molar-refractivity contribution >= 4 is 17.2 Å². The molecule has 2 unspecified atom stereocenters. The van der Waals surface area contributed by atoms with Crippen molar-refractivity contribution in [3.63, 3.8) is 0 Å². The van der Waals surface area contributed by atoms with E-state index < -0.39 is 0 Å². The Labute approximate surface area is 128 Å². The summed E-state index contributed by atoms with van der Waals surface area (Å²) >= 11 is 1.55. The zero-order chi connectivity index (χ0) is 15.2. The number of aliphatic hydroxyl groups is 1. The number of benzene rings is 1. The number of nitrogens with zero attached hydrogens (tertiary/aromatic N) is 1. The molecule has 2 atom stereocenters. The predicted molar refractivity (Wildman–Crippen MR) is 85.3 cm³/mol. The number of hydrogen-bond donors (Lipinski definition) is 2. The molecule has 0 aliphatic heterocycles. The maximum Gasteiger partial charge on any atom is 0.251 e. The molecule has 1 aromatic heterocycles. The van der Waals surface area contributed by atoms with Crippen LogP contribution in [0.4, 0.5) is 0 Å². The lowest BCUT2D eigenvalue weighted by atomic mass is 10.0. The average molecular weight is 304 g/mol. The highest BCUT2D eigenvalue weighted by atomic mass is 32.1. The van der Waals surface area contributed by atoms with Crippen LogP contribution in [0.25, 0.3) is 11.3 Å². The minimum Gasteiger partial charge on any atom is -0.393 e. The number of thiazole rings is 1. The second kappa shape index (κ2) is 7.33. The topological polar surface area (TPSA) is 62.2 Å². The zero-order valence-corrected chi connectivity index (χ0v) is 13.1. The molecule has 2 aromatic rings. The van der Waals surface area contributed by atoms with Gasteiger partial charge in [-0.1, -0.05) is 19.1 Å². The van der Waals surface area contributed by atoms with Crippen LogP contribution in [0.15, 0.2) is 35.2 Å². The van der Waals surface area contributed by atoms with Gasteiger partial charge < -0.3 is 10.4 Å². The van der Waals surface area contributed by atoms with Gasteiger partial charge in [-0.3, -0.25) is 4.79 Å². The van der Waals surface area contributed by atoms with Gasteiger partial charge in [0.2, 0.25) is 0 Å². The first-order chi connectivity index (χ1) is 10.1. The van der Waals surface area contributed by atoms with Crippen LogP contribution in [0.2, 0.25) is 0 Å². The molecule has 0 saturated carbocycles. The molecule has 1 aromatic carbocycles. The number of carbonyl (C=O) groups excluding carboxylic acids is 1.